The third-order valence-electron chi connectivity index (χ3n) is 4.66. The average molecular weight is 351 g/mol. The number of ether oxygens (including phenoxy) is 1. The maximum Gasteiger partial charge on any atom is 0.275 e. The summed E-state index contributed by atoms with van der Waals surface area (Å²) in [5.74, 6) is 0.137. The lowest BCUT2D eigenvalue weighted by Gasteiger charge is -2.23. The van der Waals surface area contributed by atoms with Crippen LogP contribution in [0.4, 0.5) is 0 Å². The number of fused-ring (bicyclic) bond motifs is 1. The predicted molar refractivity (Wildman–Crippen MR) is 96.8 cm³/mol. The number of aryl methyl sites for hydroxylation is 1. The van der Waals surface area contributed by atoms with Crippen molar-refractivity contribution in [1.82, 2.24) is 25.1 Å². The van der Waals surface area contributed by atoms with Gasteiger partial charge in [-0.2, -0.15) is 5.10 Å². The third-order valence-corrected chi connectivity index (χ3v) is 4.66. The molecule has 7 heteroatoms. The molecule has 1 saturated heterocycles. The number of para-hydroxylation sites is 1. The fourth-order valence-corrected chi connectivity index (χ4v) is 3.38. The van der Waals surface area contributed by atoms with E-state index in [0.717, 1.165) is 28.7 Å². The van der Waals surface area contributed by atoms with Gasteiger partial charge in [0, 0.05) is 35.8 Å². The highest BCUT2D eigenvalue weighted by atomic mass is 16.5. The monoisotopic (exact) mass is 351 g/mol. The molecular formula is C19H21N5O2. The zero-order chi connectivity index (χ0) is 17.9. The molecule has 0 spiro atoms. The zero-order valence-electron chi connectivity index (χ0n) is 14.7. The summed E-state index contributed by atoms with van der Waals surface area (Å²) in [5, 5.41) is 8.03. The normalized spacial score (nSPS) is 18.0. The lowest BCUT2D eigenvalue weighted by Crippen LogP contribution is -2.36. The Bertz CT molecular complexity index is 923. The van der Waals surface area contributed by atoms with Crippen LogP contribution in [-0.2, 0) is 11.2 Å². The number of hydrogen-bond donors (Lipinski definition) is 1. The minimum atomic E-state index is -0.0585. The van der Waals surface area contributed by atoms with Crippen LogP contribution in [0, 0.1) is 12.8 Å². The predicted octanol–water partition coefficient (Wildman–Crippen LogP) is 1.99. The second-order valence-electron chi connectivity index (χ2n) is 6.66. The highest BCUT2D eigenvalue weighted by molar-refractivity contribution is 6.04. The lowest BCUT2D eigenvalue weighted by atomic mass is 10.0. The van der Waals surface area contributed by atoms with Gasteiger partial charge in [0.1, 0.15) is 6.33 Å². The van der Waals surface area contributed by atoms with Crippen molar-refractivity contribution in [3.63, 3.8) is 0 Å². The highest BCUT2D eigenvalue weighted by Gasteiger charge is 2.26. The van der Waals surface area contributed by atoms with Crippen LogP contribution in [0.5, 0.6) is 0 Å². The molecule has 1 fully saturated rings. The molecule has 0 radical (unpaired) electrons. The van der Waals surface area contributed by atoms with Gasteiger partial charge in [0.05, 0.1) is 18.7 Å². The van der Waals surface area contributed by atoms with Gasteiger partial charge >= 0.3 is 0 Å². The summed E-state index contributed by atoms with van der Waals surface area (Å²) in [6.07, 6.45) is 2.34. The summed E-state index contributed by atoms with van der Waals surface area (Å²) in [6, 6.07) is 9.67. The Hall–Kier alpha value is -2.80. The van der Waals surface area contributed by atoms with E-state index in [-0.39, 0.29) is 11.8 Å². The first-order valence-electron chi connectivity index (χ1n) is 8.78. The first-order chi connectivity index (χ1) is 12.7. The largest absolute Gasteiger partial charge is 0.379 e. The Balaban J connectivity index is 1.53. The van der Waals surface area contributed by atoms with E-state index in [0.29, 0.717) is 32.0 Å². The molecular weight excluding hydrogens is 330 g/mol. The highest BCUT2D eigenvalue weighted by Crippen LogP contribution is 2.19. The Morgan fingerprint density at radius 1 is 1.35 bits per heavy atom. The van der Waals surface area contributed by atoms with Crippen LogP contribution in [0.25, 0.3) is 10.9 Å². The number of aromatic amines is 1. The Labute approximate surface area is 151 Å². The molecule has 7 nitrogen and oxygen atoms in total. The average Bonchev–Trinajstić information content (AvgIpc) is 2.94. The number of carbonyl (C=O) groups excluding carboxylic acids is 1. The van der Waals surface area contributed by atoms with E-state index < -0.39 is 0 Å². The first-order valence-corrected chi connectivity index (χ1v) is 8.78. The van der Waals surface area contributed by atoms with Gasteiger partial charge in [-0.3, -0.25) is 9.89 Å². The number of nitrogens with one attached hydrogen (secondary N) is 1. The SMILES string of the molecule is Cc1cc(C[C@@H]2COCCN(C(=O)c3n[nH]c4ccccc34)C2)ncn1. The number of rotatable bonds is 3. The number of carbonyl (C=O) groups is 1. The topological polar surface area (TPSA) is 84.0 Å². The number of H-pyrrole nitrogens is 1. The van der Waals surface area contributed by atoms with Crippen molar-refractivity contribution in [2.45, 2.75) is 13.3 Å². The van der Waals surface area contributed by atoms with Crippen molar-refractivity contribution < 1.29 is 9.53 Å². The van der Waals surface area contributed by atoms with Gasteiger partial charge in [0.15, 0.2) is 5.69 Å². The summed E-state index contributed by atoms with van der Waals surface area (Å²) in [4.78, 5) is 23.4. The maximum atomic E-state index is 13.0. The Morgan fingerprint density at radius 3 is 3.12 bits per heavy atom. The molecule has 1 aliphatic rings. The fraction of sp³-hybridized carbons (Fsp3) is 0.368. The van der Waals surface area contributed by atoms with E-state index in [1.165, 1.54) is 0 Å². The van der Waals surface area contributed by atoms with Gasteiger partial charge in [-0.05, 0) is 25.5 Å². The van der Waals surface area contributed by atoms with Gasteiger partial charge in [-0.15, -0.1) is 0 Å². The van der Waals surface area contributed by atoms with Gasteiger partial charge in [-0.25, -0.2) is 9.97 Å². The maximum absolute atomic E-state index is 13.0. The van der Waals surface area contributed by atoms with E-state index >= 15 is 0 Å². The van der Waals surface area contributed by atoms with Crippen molar-refractivity contribution in [3.05, 3.63) is 53.7 Å². The lowest BCUT2D eigenvalue weighted by molar-refractivity contribution is 0.0733. The molecule has 0 saturated carbocycles. The molecule has 0 unspecified atom stereocenters. The summed E-state index contributed by atoms with van der Waals surface area (Å²) < 4.78 is 5.73. The van der Waals surface area contributed by atoms with Crippen LogP contribution >= 0.6 is 0 Å². The molecule has 3 heterocycles. The molecule has 2 aromatic heterocycles. The van der Waals surface area contributed by atoms with Crippen LogP contribution in [0.2, 0.25) is 0 Å². The van der Waals surface area contributed by atoms with E-state index in [9.17, 15) is 4.79 Å². The molecule has 134 valence electrons. The number of benzene rings is 1. The molecule has 0 bridgehead atoms. The van der Waals surface area contributed by atoms with Gasteiger partial charge in [0.2, 0.25) is 0 Å². The number of amides is 1. The minimum Gasteiger partial charge on any atom is -0.379 e. The quantitative estimate of drug-likeness (QED) is 0.780. The van der Waals surface area contributed by atoms with Crippen LogP contribution in [0.15, 0.2) is 36.7 Å². The molecule has 26 heavy (non-hydrogen) atoms. The number of nitrogens with zero attached hydrogens (tertiary/aromatic N) is 4. The zero-order valence-corrected chi connectivity index (χ0v) is 14.7. The second-order valence-corrected chi connectivity index (χ2v) is 6.66. The molecule has 0 aliphatic carbocycles. The second kappa shape index (κ2) is 7.21. The van der Waals surface area contributed by atoms with E-state index in [1.807, 2.05) is 42.2 Å². The van der Waals surface area contributed by atoms with E-state index in [4.69, 9.17) is 4.74 Å². The number of hydrogen-bond acceptors (Lipinski definition) is 5. The van der Waals surface area contributed by atoms with Crippen molar-refractivity contribution in [2.24, 2.45) is 5.92 Å². The van der Waals surface area contributed by atoms with Crippen molar-refractivity contribution in [2.75, 3.05) is 26.3 Å². The summed E-state index contributed by atoms with van der Waals surface area (Å²) in [7, 11) is 0. The van der Waals surface area contributed by atoms with E-state index in [1.54, 1.807) is 6.33 Å². The summed E-state index contributed by atoms with van der Waals surface area (Å²) >= 11 is 0. The minimum absolute atomic E-state index is 0.0585. The first kappa shape index (κ1) is 16.7. The van der Waals surface area contributed by atoms with E-state index in [2.05, 4.69) is 20.2 Å². The van der Waals surface area contributed by atoms with Gasteiger partial charge in [-0.1, -0.05) is 18.2 Å². The van der Waals surface area contributed by atoms with Crippen LogP contribution in [0.1, 0.15) is 21.9 Å². The molecule has 1 amide bonds. The Morgan fingerprint density at radius 2 is 2.23 bits per heavy atom. The van der Waals surface area contributed by atoms with Gasteiger partial charge in [0.25, 0.3) is 5.91 Å². The molecule has 1 atom stereocenters. The number of aromatic nitrogens is 4. The molecule has 3 aromatic rings. The summed E-state index contributed by atoms with van der Waals surface area (Å²) in [5.41, 5.74) is 3.26. The molecule has 1 aliphatic heterocycles. The van der Waals surface area contributed by atoms with Crippen molar-refractivity contribution in [1.29, 1.82) is 0 Å². The van der Waals surface area contributed by atoms with Crippen LogP contribution < -0.4 is 0 Å². The van der Waals surface area contributed by atoms with Gasteiger partial charge < -0.3 is 9.64 Å². The fourth-order valence-electron chi connectivity index (χ4n) is 3.38. The van der Waals surface area contributed by atoms with Crippen molar-refractivity contribution >= 4 is 16.8 Å². The molecule has 1 N–H and O–H groups in total. The van der Waals surface area contributed by atoms with Crippen LogP contribution in [-0.4, -0.2) is 57.3 Å². The van der Waals surface area contributed by atoms with Crippen LogP contribution in [0.3, 0.4) is 0 Å². The molecule has 1 aromatic carbocycles. The van der Waals surface area contributed by atoms with Crippen molar-refractivity contribution in [3.8, 4) is 0 Å². The Kier molecular flexibility index (Phi) is 4.62. The standard InChI is InChI=1S/C19H21N5O2/c1-13-8-15(21-12-20-13)9-14-10-24(6-7-26-11-14)19(25)18-16-4-2-3-5-17(16)22-23-18/h2-5,8,12,14H,6-7,9-11H2,1H3,(H,22,23)/t14-/m0/s1. The molecule has 4 rings (SSSR count). The third kappa shape index (κ3) is 3.43. The summed E-state index contributed by atoms with van der Waals surface area (Å²) in [6.45, 7) is 4.30. The smallest absolute Gasteiger partial charge is 0.275 e.